The fraction of sp³-hybridized carbons (Fsp3) is 0.182. The summed E-state index contributed by atoms with van der Waals surface area (Å²) in [5, 5.41) is 11.0. The third-order valence-corrected chi connectivity index (χ3v) is 3.01. The standard InChI is InChI=1S/C11H8F3NOS/c12-11(13,14)8-3-1-2-7(4-8)9-6-17-10(5-16)15-9/h1-4,6,16H,5H2. The van der Waals surface area contributed by atoms with E-state index in [0.717, 1.165) is 12.1 Å². The van der Waals surface area contributed by atoms with Crippen molar-refractivity contribution in [2.75, 3.05) is 0 Å². The van der Waals surface area contributed by atoms with Crippen molar-refractivity contribution in [2.45, 2.75) is 12.8 Å². The molecule has 0 fully saturated rings. The predicted molar refractivity (Wildman–Crippen MR) is 58.5 cm³/mol. The molecule has 1 N–H and O–H groups in total. The van der Waals surface area contributed by atoms with Gasteiger partial charge in [0, 0.05) is 10.9 Å². The molecule has 0 aliphatic rings. The van der Waals surface area contributed by atoms with Gasteiger partial charge in [-0.15, -0.1) is 11.3 Å². The Morgan fingerprint density at radius 3 is 2.65 bits per heavy atom. The second kappa shape index (κ2) is 4.46. The molecule has 2 nitrogen and oxygen atoms in total. The zero-order chi connectivity index (χ0) is 12.5. The summed E-state index contributed by atoms with van der Waals surface area (Å²) in [7, 11) is 0. The van der Waals surface area contributed by atoms with Gasteiger partial charge in [0.2, 0.25) is 0 Å². The van der Waals surface area contributed by atoms with Crippen molar-refractivity contribution in [1.82, 2.24) is 4.98 Å². The second-order valence-corrected chi connectivity index (χ2v) is 4.31. The van der Waals surface area contributed by atoms with Gasteiger partial charge in [0.05, 0.1) is 17.9 Å². The molecule has 0 aliphatic carbocycles. The van der Waals surface area contributed by atoms with E-state index in [9.17, 15) is 13.2 Å². The molecular formula is C11H8F3NOS. The Bertz CT molecular complexity index is 521. The number of thiazole rings is 1. The molecule has 1 heterocycles. The van der Waals surface area contributed by atoms with E-state index in [-0.39, 0.29) is 6.61 Å². The number of nitrogens with zero attached hydrogens (tertiary/aromatic N) is 1. The maximum absolute atomic E-state index is 12.5. The smallest absolute Gasteiger partial charge is 0.389 e. The summed E-state index contributed by atoms with van der Waals surface area (Å²) in [4.78, 5) is 4.02. The van der Waals surface area contributed by atoms with Crippen molar-refractivity contribution < 1.29 is 18.3 Å². The first kappa shape index (κ1) is 12.1. The van der Waals surface area contributed by atoms with Gasteiger partial charge in [-0.3, -0.25) is 0 Å². The van der Waals surface area contributed by atoms with Gasteiger partial charge in [0.15, 0.2) is 0 Å². The Kier molecular flexibility index (Phi) is 3.17. The van der Waals surface area contributed by atoms with Crippen LogP contribution in [0.5, 0.6) is 0 Å². The molecule has 2 aromatic rings. The summed E-state index contributed by atoms with van der Waals surface area (Å²) in [6, 6.07) is 4.97. The summed E-state index contributed by atoms with van der Waals surface area (Å²) < 4.78 is 37.5. The maximum atomic E-state index is 12.5. The van der Waals surface area contributed by atoms with Crippen molar-refractivity contribution in [3.05, 3.63) is 40.2 Å². The quantitative estimate of drug-likeness (QED) is 0.897. The topological polar surface area (TPSA) is 33.1 Å². The summed E-state index contributed by atoms with van der Waals surface area (Å²) in [6.07, 6.45) is -4.36. The van der Waals surface area contributed by atoms with E-state index in [1.807, 2.05) is 0 Å². The minimum Gasteiger partial charge on any atom is -0.389 e. The van der Waals surface area contributed by atoms with Gasteiger partial charge in [-0.25, -0.2) is 4.98 Å². The maximum Gasteiger partial charge on any atom is 0.416 e. The zero-order valence-corrected chi connectivity index (χ0v) is 9.35. The van der Waals surface area contributed by atoms with Gasteiger partial charge in [0.1, 0.15) is 5.01 Å². The highest BCUT2D eigenvalue weighted by Crippen LogP contribution is 2.32. The van der Waals surface area contributed by atoms with Crippen LogP contribution in [0.1, 0.15) is 10.6 Å². The number of hydrogen-bond donors (Lipinski definition) is 1. The van der Waals surface area contributed by atoms with Crippen LogP contribution in [-0.2, 0) is 12.8 Å². The summed E-state index contributed by atoms with van der Waals surface area (Å²) in [5.41, 5.74) is 0.148. The second-order valence-electron chi connectivity index (χ2n) is 3.36. The van der Waals surface area contributed by atoms with Crippen LogP contribution in [0.3, 0.4) is 0 Å². The molecule has 0 amide bonds. The summed E-state index contributed by atoms with van der Waals surface area (Å²) >= 11 is 1.22. The molecule has 1 aromatic heterocycles. The molecular weight excluding hydrogens is 251 g/mol. The highest BCUT2D eigenvalue weighted by Gasteiger charge is 2.30. The van der Waals surface area contributed by atoms with Crippen molar-refractivity contribution in [1.29, 1.82) is 0 Å². The van der Waals surface area contributed by atoms with E-state index in [1.54, 1.807) is 11.4 Å². The van der Waals surface area contributed by atoms with Crippen molar-refractivity contribution in [3.63, 3.8) is 0 Å². The molecule has 90 valence electrons. The van der Waals surface area contributed by atoms with E-state index in [1.165, 1.54) is 17.4 Å². The number of aliphatic hydroxyl groups is 1. The van der Waals surface area contributed by atoms with E-state index < -0.39 is 11.7 Å². The summed E-state index contributed by atoms with van der Waals surface area (Å²) in [6.45, 7) is -0.205. The first-order valence-electron chi connectivity index (χ1n) is 4.73. The number of rotatable bonds is 2. The Morgan fingerprint density at radius 1 is 1.29 bits per heavy atom. The molecule has 0 bridgehead atoms. The molecule has 0 spiro atoms. The largest absolute Gasteiger partial charge is 0.416 e. The highest BCUT2D eigenvalue weighted by atomic mass is 32.1. The first-order chi connectivity index (χ1) is 8.00. The lowest BCUT2D eigenvalue weighted by atomic mass is 10.1. The number of aliphatic hydroxyl groups excluding tert-OH is 1. The number of hydrogen-bond acceptors (Lipinski definition) is 3. The molecule has 6 heteroatoms. The lowest BCUT2D eigenvalue weighted by molar-refractivity contribution is -0.137. The molecule has 0 atom stereocenters. The Morgan fingerprint density at radius 2 is 2.06 bits per heavy atom. The molecule has 1 aromatic carbocycles. The third-order valence-electron chi connectivity index (χ3n) is 2.17. The van der Waals surface area contributed by atoms with Gasteiger partial charge >= 0.3 is 6.18 Å². The first-order valence-corrected chi connectivity index (χ1v) is 5.61. The molecule has 17 heavy (non-hydrogen) atoms. The van der Waals surface area contributed by atoms with Crippen LogP contribution in [0.15, 0.2) is 29.6 Å². The number of benzene rings is 1. The van der Waals surface area contributed by atoms with Crippen LogP contribution in [0.4, 0.5) is 13.2 Å². The van der Waals surface area contributed by atoms with Gasteiger partial charge in [-0.05, 0) is 12.1 Å². The van der Waals surface area contributed by atoms with Crippen LogP contribution in [0.2, 0.25) is 0 Å². The van der Waals surface area contributed by atoms with Crippen molar-refractivity contribution >= 4 is 11.3 Å². The fourth-order valence-electron chi connectivity index (χ4n) is 1.37. The van der Waals surface area contributed by atoms with Gasteiger partial charge < -0.3 is 5.11 Å². The van der Waals surface area contributed by atoms with Gasteiger partial charge in [0.25, 0.3) is 0 Å². The van der Waals surface area contributed by atoms with Gasteiger partial charge in [-0.1, -0.05) is 12.1 Å². The summed E-state index contributed by atoms with van der Waals surface area (Å²) in [5.74, 6) is 0. The minimum atomic E-state index is -4.36. The predicted octanol–water partition coefficient (Wildman–Crippen LogP) is 3.32. The molecule has 0 aliphatic heterocycles. The van der Waals surface area contributed by atoms with E-state index >= 15 is 0 Å². The Balaban J connectivity index is 2.39. The SMILES string of the molecule is OCc1nc(-c2cccc(C(F)(F)F)c2)cs1. The third kappa shape index (κ3) is 2.65. The lowest BCUT2D eigenvalue weighted by Gasteiger charge is -2.07. The number of aromatic nitrogens is 1. The van der Waals surface area contributed by atoms with E-state index in [4.69, 9.17) is 5.11 Å². The van der Waals surface area contributed by atoms with Crippen LogP contribution in [-0.4, -0.2) is 10.1 Å². The van der Waals surface area contributed by atoms with E-state index in [0.29, 0.717) is 16.3 Å². The average Bonchev–Trinajstić information content (AvgIpc) is 2.76. The number of alkyl halides is 3. The van der Waals surface area contributed by atoms with Crippen molar-refractivity contribution in [3.8, 4) is 11.3 Å². The zero-order valence-electron chi connectivity index (χ0n) is 8.53. The Labute approximate surface area is 99.4 Å². The molecule has 0 unspecified atom stereocenters. The van der Waals surface area contributed by atoms with E-state index in [2.05, 4.69) is 4.98 Å². The monoisotopic (exact) mass is 259 g/mol. The normalized spacial score (nSPS) is 11.8. The van der Waals surface area contributed by atoms with Crippen LogP contribution in [0.25, 0.3) is 11.3 Å². The molecule has 0 radical (unpaired) electrons. The Hall–Kier alpha value is -1.40. The molecule has 2 rings (SSSR count). The van der Waals surface area contributed by atoms with Crippen molar-refractivity contribution in [2.24, 2.45) is 0 Å². The minimum absolute atomic E-state index is 0.205. The van der Waals surface area contributed by atoms with Crippen LogP contribution in [0, 0.1) is 0 Å². The lowest BCUT2D eigenvalue weighted by Crippen LogP contribution is -2.04. The fourth-order valence-corrected chi connectivity index (χ4v) is 2.03. The average molecular weight is 259 g/mol. The van der Waals surface area contributed by atoms with Crippen LogP contribution >= 0.6 is 11.3 Å². The molecule has 0 saturated carbocycles. The highest BCUT2D eigenvalue weighted by molar-refractivity contribution is 7.09. The molecule has 0 saturated heterocycles. The van der Waals surface area contributed by atoms with Gasteiger partial charge in [-0.2, -0.15) is 13.2 Å². The number of halogens is 3. The van der Waals surface area contributed by atoms with Crippen LogP contribution < -0.4 is 0 Å².